The Morgan fingerprint density at radius 3 is 2.72 bits per heavy atom. The van der Waals surface area contributed by atoms with Crippen molar-refractivity contribution in [1.29, 1.82) is 0 Å². The minimum Gasteiger partial charge on any atom is -0.291 e. The molecular formula is C15H16FNS. The van der Waals surface area contributed by atoms with E-state index in [1.807, 2.05) is 6.07 Å². The van der Waals surface area contributed by atoms with Gasteiger partial charge in [-0.25, -0.2) is 4.39 Å². The summed E-state index contributed by atoms with van der Waals surface area (Å²) in [6.45, 7) is 1.83. The summed E-state index contributed by atoms with van der Waals surface area (Å²) < 4.78 is 13.2. The van der Waals surface area contributed by atoms with Crippen LogP contribution in [0, 0.1) is 5.82 Å². The Labute approximate surface area is 111 Å². The normalized spacial score (nSPS) is 15.2. The van der Waals surface area contributed by atoms with Crippen molar-refractivity contribution in [3.05, 3.63) is 58.0 Å². The van der Waals surface area contributed by atoms with Crippen molar-refractivity contribution < 1.29 is 4.39 Å². The van der Waals surface area contributed by atoms with Gasteiger partial charge in [0.15, 0.2) is 0 Å². The van der Waals surface area contributed by atoms with Crippen molar-refractivity contribution in [2.45, 2.75) is 32.0 Å². The lowest BCUT2D eigenvalue weighted by Crippen LogP contribution is -2.24. The van der Waals surface area contributed by atoms with Crippen LogP contribution in [0.5, 0.6) is 0 Å². The van der Waals surface area contributed by atoms with Crippen molar-refractivity contribution >= 4 is 11.3 Å². The molecule has 0 amide bonds. The third kappa shape index (κ3) is 2.98. The predicted molar refractivity (Wildman–Crippen MR) is 73.0 cm³/mol. The third-order valence-electron chi connectivity index (χ3n) is 3.28. The van der Waals surface area contributed by atoms with E-state index in [4.69, 9.17) is 0 Å². The van der Waals surface area contributed by atoms with Crippen LogP contribution in [0.4, 0.5) is 4.39 Å². The van der Waals surface area contributed by atoms with Crippen molar-refractivity contribution in [3.63, 3.8) is 0 Å². The highest BCUT2D eigenvalue weighted by Crippen LogP contribution is 2.30. The van der Waals surface area contributed by atoms with Gasteiger partial charge in [-0.15, -0.1) is 11.3 Å². The maximum atomic E-state index is 13.2. The molecule has 1 aromatic heterocycles. The minimum atomic E-state index is -0.139. The zero-order chi connectivity index (χ0) is 12.4. The Balaban J connectivity index is 1.70. The Hall–Kier alpha value is -1.19. The second-order valence-electron chi connectivity index (χ2n) is 4.85. The molecule has 0 aliphatic heterocycles. The molecule has 0 spiro atoms. The average Bonchev–Trinajstić information content (AvgIpc) is 3.08. The first-order valence-electron chi connectivity index (χ1n) is 6.32. The van der Waals surface area contributed by atoms with E-state index in [1.165, 1.54) is 23.8 Å². The molecule has 0 unspecified atom stereocenters. The quantitative estimate of drug-likeness (QED) is 0.784. The fourth-order valence-corrected chi connectivity index (χ4v) is 2.96. The van der Waals surface area contributed by atoms with Crippen molar-refractivity contribution in [3.8, 4) is 0 Å². The largest absolute Gasteiger partial charge is 0.291 e. The first-order chi connectivity index (χ1) is 8.81. The third-order valence-corrected chi connectivity index (χ3v) is 4.14. The Morgan fingerprint density at radius 2 is 2.06 bits per heavy atom. The van der Waals surface area contributed by atoms with Crippen molar-refractivity contribution in [2.75, 3.05) is 0 Å². The smallest absolute Gasteiger partial charge is 0.123 e. The lowest BCUT2D eigenvalue weighted by atomic mass is 10.2. The van der Waals surface area contributed by atoms with Crippen molar-refractivity contribution in [2.24, 2.45) is 0 Å². The fourth-order valence-electron chi connectivity index (χ4n) is 2.23. The fraction of sp³-hybridized carbons (Fsp3) is 0.333. The molecule has 1 saturated carbocycles. The molecule has 0 radical (unpaired) electrons. The molecule has 0 saturated heterocycles. The molecule has 1 aromatic carbocycles. The first-order valence-corrected chi connectivity index (χ1v) is 7.20. The average molecular weight is 261 g/mol. The van der Waals surface area contributed by atoms with Gasteiger partial charge in [0.1, 0.15) is 5.82 Å². The highest BCUT2D eigenvalue weighted by molar-refractivity contribution is 7.09. The van der Waals surface area contributed by atoms with Crippen LogP contribution in [0.25, 0.3) is 0 Å². The Kier molecular flexibility index (Phi) is 3.43. The molecule has 0 N–H and O–H groups in total. The summed E-state index contributed by atoms with van der Waals surface area (Å²) in [5.41, 5.74) is 1.07. The van der Waals surface area contributed by atoms with Gasteiger partial charge >= 0.3 is 0 Å². The molecular weight excluding hydrogens is 245 g/mol. The van der Waals surface area contributed by atoms with Crippen molar-refractivity contribution in [1.82, 2.24) is 4.90 Å². The molecule has 3 rings (SSSR count). The zero-order valence-electron chi connectivity index (χ0n) is 10.2. The molecule has 2 aromatic rings. The lowest BCUT2D eigenvalue weighted by Gasteiger charge is -2.21. The summed E-state index contributed by atoms with van der Waals surface area (Å²) >= 11 is 1.79. The summed E-state index contributed by atoms with van der Waals surface area (Å²) in [5, 5.41) is 2.11. The topological polar surface area (TPSA) is 3.24 Å². The monoisotopic (exact) mass is 261 g/mol. The van der Waals surface area contributed by atoms with E-state index in [0.717, 1.165) is 18.7 Å². The number of nitrogens with zero attached hydrogens (tertiary/aromatic N) is 1. The molecule has 18 heavy (non-hydrogen) atoms. The zero-order valence-corrected chi connectivity index (χ0v) is 11.0. The van der Waals surface area contributed by atoms with Gasteiger partial charge in [0, 0.05) is 24.0 Å². The number of hydrogen-bond acceptors (Lipinski definition) is 2. The van der Waals surface area contributed by atoms with Crippen LogP contribution in [0.3, 0.4) is 0 Å². The highest BCUT2D eigenvalue weighted by atomic mass is 32.1. The summed E-state index contributed by atoms with van der Waals surface area (Å²) in [7, 11) is 0. The first kappa shape index (κ1) is 11.9. The van der Waals surface area contributed by atoms with E-state index < -0.39 is 0 Å². The molecule has 1 aliphatic carbocycles. The lowest BCUT2D eigenvalue weighted by molar-refractivity contribution is 0.247. The Morgan fingerprint density at radius 1 is 1.17 bits per heavy atom. The maximum Gasteiger partial charge on any atom is 0.123 e. The summed E-state index contributed by atoms with van der Waals surface area (Å²) in [5.74, 6) is -0.139. The molecule has 0 bridgehead atoms. The van der Waals surface area contributed by atoms with Crippen LogP contribution in [-0.2, 0) is 13.1 Å². The van der Waals surface area contributed by atoms with Gasteiger partial charge in [-0.3, -0.25) is 4.90 Å². The molecule has 1 fully saturated rings. The SMILES string of the molecule is Fc1cccc(CN(Cc2cccs2)C2CC2)c1. The second-order valence-corrected chi connectivity index (χ2v) is 5.88. The Bertz CT molecular complexity index is 505. The van der Waals surface area contributed by atoms with E-state index in [9.17, 15) is 4.39 Å². The van der Waals surface area contributed by atoms with Gasteiger partial charge in [0.2, 0.25) is 0 Å². The van der Waals surface area contributed by atoms with E-state index in [1.54, 1.807) is 23.5 Å². The van der Waals surface area contributed by atoms with Crippen LogP contribution < -0.4 is 0 Å². The van der Waals surface area contributed by atoms with Gasteiger partial charge in [0.05, 0.1) is 0 Å². The maximum absolute atomic E-state index is 13.2. The van der Waals surface area contributed by atoms with Crippen LogP contribution in [-0.4, -0.2) is 10.9 Å². The van der Waals surface area contributed by atoms with Gasteiger partial charge in [0.25, 0.3) is 0 Å². The van der Waals surface area contributed by atoms with Gasteiger partial charge in [-0.1, -0.05) is 18.2 Å². The molecule has 3 heteroatoms. The van der Waals surface area contributed by atoms with Crippen LogP contribution >= 0.6 is 11.3 Å². The van der Waals surface area contributed by atoms with E-state index in [2.05, 4.69) is 22.4 Å². The number of rotatable bonds is 5. The van der Waals surface area contributed by atoms with E-state index in [0.29, 0.717) is 6.04 Å². The number of benzene rings is 1. The van der Waals surface area contributed by atoms with Gasteiger partial charge in [-0.2, -0.15) is 0 Å². The molecule has 1 nitrogen and oxygen atoms in total. The molecule has 1 aliphatic rings. The molecule has 1 heterocycles. The summed E-state index contributed by atoms with van der Waals surface area (Å²) in [4.78, 5) is 3.85. The van der Waals surface area contributed by atoms with Gasteiger partial charge in [-0.05, 0) is 42.0 Å². The van der Waals surface area contributed by atoms with E-state index >= 15 is 0 Å². The predicted octanol–water partition coefficient (Wildman–Crippen LogP) is 4.05. The molecule has 94 valence electrons. The second kappa shape index (κ2) is 5.21. The van der Waals surface area contributed by atoms with E-state index in [-0.39, 0.29) is 5.82 Å². The number of thiophene rings is 1. The summed E-state index contributed by atoms with van der Waals surface area (Å²) in [6.07, 6.45) is 2.56. The van der Waals surface area contributed by atoms with Crippen LogP contribution in [0.1, 0.15) is 23.3 Å². The molecule has 0 atom stereocenters. The number of hydrogen-bond donors (Lipinski definition) is 0. The van der Waals surface area contributed by atoms with Gasteiger partial charge < -0.3 is 0 Å². The number of halogens is 1. The standard InChI is InChI=1S/C15H16FNS/c16-13-4-1-3-12(9-13)10-17(14-6-7-14)11-15-5-2-8-18-15/h1-5,8-9,14H,6-7,10-11H2. The highest BCUT2D eigenvalue weighted by Gasteiger charge is 2.29. The summed E-state index contributed by atoms with van der Waals surface area (Å²) in [6, 6.07) is 11.9. The van der Waals surface area contributed by atoms with Crippen LogP contribution in [0.15, 0.2) is 41.8 Å². The minimum absolute atomic E-state index is 0.139. The van der Waals surface area contributed by atoms with Crippen LogP contribution in [0.2, 0.25) is 0 Å².